The van der Waals surface area contributed by atoms with E-state index in [0.29, 0.717) is 11.8 Å². The number of benzene rings is 1. The third-order valence-electron chi connectivity index (χ3n) is 3.38. The maximum Gasteiger partial charge on any atom is 0.0643 e. The van der Waals surface area contributed by atoms with Crippen LogP contribution in [0.3, 0.4) is 0 Å². The molecule has 1 aliphatic carbocycles. The Labute approximate surface area is 97.8 Å². The average Bonchev–Trinajstić information content (AvgIpc) is 2.30. The molecular weight excluding hydrogens is 196 g/mol. The summed E-state index contributed by atoms with van der Waals surface area (Å²) in [5, 5.41) is 10.2. The van der Waals surface area contributed by atoms with Gasteiger partial charge in [0, 0.05) is 5.92 Å². The van der Waals surface area contributed by atoms with Crippen LogP contribution in [0.2, 0.25) is 0 Å². The molecule has 0 aliphatic heterocycles. The molecular formula is C15H20O. The second-order valence-corrected chi connectivity index (χ2v) is 4.93. The van der Waals surface area contributed by atoms with E-state index in [1.807, 2.05) is 18.2 Å². The summed E-state index contributed by atoms with van der Waals surface area (Å²) in [4.78, 5) is 0. The maximum absolute atomic E-state index is 10.2. The van der Waals surface area contributed by atoms with E-state index < -0.39 is 0 Å². The van der Waals surface area contributed by atoms with Crippen molar-refractivity contribution in [3.63, 3.8) is 0 Å². The summed E-state index contributed by atoms with van der Waals surface area (Å²) in [5.41, 5.74) is 1.22. The minimum absolute atomic E-state index is 0.235. The summed E-state index contributed by atoms with van der Waals surface area (Å²) in [6.07, 6.45) is 7.21. The molecule has 0 unspecified atom stereocenters. The summed E-state index contributed by atoms with van der Waals surface area (Å²) >= 11 is 0. The van der Waals surface area contributed by atoms with Crippen LogP contribution >= 0.6 is 0 Å². The molecule has 0 radical (unpaired) electrons. The highest BCUT2D eigenvalue weighted by atomic mass is 16.3. The van der Waals surface area contributed by atoms with Crippen LogP contribution < -0.4 is 0 Å². The zero-order chi connectivity index (χ0) is 11.4. The summed E-state index contributed by atoms with van der Waals surface area (Å²) < 4.78 is 0. The smallest absolute Gasteiger partial charge is 0.0643 e. The lowest BCUT2D eigenvalue weighted by atomic mass is 9.83. The number of aliphatic hydroxyl groups is 1. The van der Waals surface area contributed by atoms with Crippen molar-refractivity contribution in [3.8, 4) is 0 Å². The van der Waals surface area contributed by atoms with Gasteiger partial charge in [0.05, 0.1) is 6.10 Å². The molecule has 0 amide bonds. The lowest BCUT2D eigenvalue weighted by Crippen LogP contribution is -2.25. The number of rotatable bonds is 3. The van der Waals surface area contributed by atoms with Crippen LogP contribution in [0, 0.1) is 11.8 Å². The van der Waals surface area contributed by atoms with Crippen molar-refractivity contribution < 1.29 is 5.11 Å². The SMILES string of the molecule is C[C@H]1CC=C[C@@H]([C@H](O)Cc2ccccc2)C1. The van der Waals surface area contributed by atoms with Crippen LogP contribution in [0.15, 0.2) is 42.5 Å². The molecule has 3 atom stereocenters. The molecule has 0 spiro atoms. The van der Waals surface area contributed by atoms with Crippen LogP contribution in [-0.4, -0.2) is 11.2 Å². The van der Waals surface area contributed by atoms with Crippen molar-refractivity contribution in [1.29, 1.82) is 0 Å². The predicted molar refractivity (Wildman–Crippen MR) is 67.2 cm³/mol. The zero-order valence-corrected chi connectivity index (χ0v) is 9.84. The van der Waals surface area contributed by atoms with Gasteiger partial charge in [-0.3, -0.25) is 0 Å². The summed E-state index contributed by atoms with van der Waals surface area (Å²) in [5.74, 6) is 1.05. The highest BCUT2D eigenvalue weighted by Gasteiger charge is 2.21. The van der Waals surface area contributed by atoms with E-state index in [1.165, 1.54) is 5.56 Å². The molecule has 0 fully saturated rings. The van der Waals surface area contributed by atoms with Crippen molar-refractivity contribution in [3.05, 3.63) is 48.0 Å². The van der Waals surface area contributed by atoms with Gasteiger partial charge in [0.1, 0.15) is 0 Å². The molecule has 86 valence electrons. The Balaban J connectivity index is 1.95. The van der Waals surface area contributed by atoms with Crippen LogP contribution in [0.5, 0.6) is 0 Å². The van der Waals surface area contributed by atoms with E-state index in [9.17, 15) is 5.11 Å². The average molecular weight is 216 g/mol. The molecule has 1 heteroatoms. The predicted octanol–water partition coefficient (Wildman–Crippen LogP) is 3.19. The lowest BCUT2D eigenvalue weighted by Gasteiger charge is -2.26. The van der Waals surface area contributed by atoms with E-state index in [-0.39, 0.29) is 6.10 Å². The van der Waals surface area contributed by atoms with E-state index in [4.69, 9.17) is 0 Å². The Morgan fingerprint density at radius 1 is 1.31 bits per heavy atom. The van der Waals surface area contributed by atoms with Crippen molar-refractivity contribution in [1.82, 2.24) is 0 Å². The van der Waals surface area contributed by atoms with Gasteiger partial charge in [-0.1, -0.05) is 49.4 Å². The van der Waals surface area contributed by atoms with Crippen molar-refractivity contribution >= 4 is 0 Å². The highest BCUT2D eigenvalue weighted by Crippen LogP contribution is 2.26. The lowest BCUT2D eigenvalue weighted by molar-refractivity contribution is 0.114. The van der Waals surface area contributed by atoms with Crippen LogP contribution in [0.4, 0.5) is 0 Å². The number of hydrogen-bond donors (Lipinski definition) is 1. The Hall–Kier alpha value is -1.08. The quantitative estimate of drug-likeness (QED) is 0.769. The van der Waals surface area contributed by atoms with Gasteiger partial charge in [0.15, 0.2) is 0 Å². The van der Waals surface area contributed by atoms with E-state index in [1.54, 1.807) is 0 Å². The topological polar surface area (TPSA) is 20.2 Å². The van der Waals surface area contributed by atoms with E-state index in [2.05, 4.69) is 31.2 Å². The Bertz CT molecular complexity index is 342. The molecule has 0 saturated heterocycles. The van der Waals surface area contributed by atoms with Gasteiger partial charge in [-0.2, -0.15) is 0 Å². The molecule has 0 aromatic heterocycles. The van der Waals surface area contributed by atoms with Crippen molar-refractivity contribution in [2.45, 2.75) is 32.3 Å². The summed E-state index contributed by atoms with van der Waals surface area (Å²) in [6.45, 7) is 2.26. The van der Waals surface area contributed by atoms with Crippen LogP contribution in [0.1, 0.15) is 25.3 Å². The standard InChI is InChI=1S/C15H20O/c1-12-6-5-9-14(10-12)15(16)11-13-7-3-2-4-8-13/h2-5,7-9,12,14-16H,6,10-11H2,1H3/t12-,14+,15+/m0/s1. The van der Waals surface area contributed by atoms with Gasteiger partial charge < -0.3 is 5.11 Å². The van der Waals surface area contributed by atoms with E-state index in [0.717, 1.165) is 19.3 Å². The van der Waals surface area contributed by atoms with Crippen molar-refractivity contribution in [2.75, 3.05) is 0 Å². The highest BCUT2D eigenvalue weighted by molar-refractivity contribution is 5.16. The second kappa shape index (κ2) is 5.31. The van der Waals surface area contributed by atoms with Crippen molar-refractivity contribution in [2.24, 2.45) is 11.8 Å². The minimum atomic E-state index is -0.235. The fourth-order valence-corrected chi connectivity index (χ4v) is 2.42. The van der Waals surface area contributed by atoms with Gasteiger partial charge in [0.2, 0.25) is 0 Å². The molecule has 0 saturated carbocycles. The maximum atomic E-state index is 10.2. The van der Waals surface area contributed by atoms with E-state index >= 15 is 0 Å². The Morgan fingerprint density at radius 2 is 2.06 bits per heavy atom. The summed E-state index contributed by atoms with van der Waals surface area (Å²) in [7, 11) is 0. The molecule has 1 aromatic rings. The second-order valence-electron chi connectivity index (χ2n) is 4.93. The third-order valence-corrected chi connectivity index (χ3v) is 3.38. The fraction of sp³-hybridized carbons (Fsp3) is 0.467. The number of allylic oxidation sites excluding steroid dienone is 1. The first-order valence-electron chi connectivity index (χ1n) is 6.14. The molecule has 1 N–H and O–H groups in total. The molecule has 0 heterocycles. The number of hydrogen-bond acceptors (Lipinski definition) is 1. The van der Waals surface area contributed by atoms with Crippen LogP contribution in [-0.2, 0) is 6.42 Å². The number of aliphatic hydroxyl groups excluding tert-OH is 1. The largest absolute Gasteiger partial charge is 0.392 e. The van der Waals surface area contributed by atoms with Gasteiger partial charge in [-0.15, -0.1) is 0 Å². The molecule has 1 aliphatic rings. The van der Waals surface area contributed by atoms with Gasteiger partial charge in [-0.05, 0) is 30.7 Å². The molecule has 0 bridgehead atoms. The van der Waals surface area contributed by atoms with Gasteiger partial charge >= 0.3 is 0 Å². The first-order valence-corrected chi connectivity index (χ1v) is 6.14. The molecule has 1 aromatic carbocycles. The first-order chi connectivity index (χ1) is 7.75. The summed E-state index contributed by atoms with van der Waals surface area (Å²) in [6, 6.07) is 10.2. The minimum Gasteiger partial charge on any atom is -0.392 e. The monoisotopic (exact) mass is 216 g/mol. The Morgan fingerprint density at radius 3 is 2.75 bits per heavy atom. The normalized spacial score (nSPS) is 26.6. The third kappa shape index (κ3) is 2.96. The fourth-order valence-electron chi connectivity index (χ4n) is 2.42. The Kier molecular flexibility index (Phi) is 3.79. The molecule has 1 nitrogen and oxygen atoms in total. The molecule has 16 heavy (non-hydrogen) atoms. The van der Waals surface area contributed by atoms with Crippen LogP contribution in [0.25, 0.3) is 0 Å². The zero-order valence-electron chi connectivity index (χ0n) is 9.84. The molecule has 2 rings (SSSR count). The van der Waals surface area contributed by atoms with Gasteiger partial charge in [-0.25, -0.2) is 0 Å². The van der Waals surface area contributed by atoms with Gasteiger partial charge in [0.25, 0.3) is 0 Å². The first kappa shape index (κ1) is 11.4.